The van der Waals surface area contributed by atoms with Gasteiger partial charge in [0, 0.05) is 0 Å². The highest BCUT2D eigenvalue weighted by molar-refractivity contribution is 14.1. The van der Waals surface area contributed by atoms with Crippen molar-refractivity contribution < 1.29 is 19.0 Å². The zero-order chi connectivity index (χ0) is 15.3. The standard InChI is InChI=1S/C15H21IO4/c1-15(2,3)20-13(12(16)14(17)19-5)10-6-8-11(18-4)9-7-10/h6-9,12-13H,1-5H3/t12-,13-/m1/s1. The molecule has 0 aliphatic rings. The van der Waals surface area contributed by atoms with Crippen molar-refractivity contribution in [2.45, 2.75) is 36.4 Å². The van der Waals surface area contributed by atoms with E-state index in [1.165, 1.54) is 7.11 Å². The normalized spacial score (nSPS) is 14.5. The Morgan fingerprint density at radius 3 is 2.10 bits per heavy atom. The van der Waals surface area contributed by atoms with Crippen LogP contribution in [0.1, 0.15) is 32.4 Å². The van der Waals surface area contributed by atoms with Crippen LogP contribution < -0.4 is 4.74 Å². The summed E-state index contributed by atoms with van der Waals surface area (Å²) in [6.45, 7) is 5.89. The van der Waals surface area contributed by atoms with Crippen molar-refractivity contribution >= 4 is 28.6 Å². The van der Waals surface area contributed by atoms with E-state index >= 15 is 0 Å². The fraction of sp³-hybridized carbons (Fsp3) is 0.533. The molecular weight excluding hydrogens is 371 g/mol. The smallest absolute Gasteiger partial charge is 0.321 e. The van der Waals surface area contributed by atoms with Crippen molar-refractivity contribution in [3.8, 4) is 5.75 Å². The third-order valence-electron chi connectivity index (χ3n) is 2.62. The Kier molecular flexibility index (Phi) is 6.26. The molecule has 0 amide bonds. The van der Waals surface area contributed by atoms with Crippen LogP contribution in [0.15, 0.2) is 24.3 Å². The molecule has 1 aromatic carbocycles. The van der Waals surface area contributed by atoms with Gasteiger partial charge in [0.2, 0.25) is 0 Å². The number of esters is 1. The van der Waals surface area contributed by atoms with Gasteiger partial charge < -0.3 is 14.2 Å². The number of rotatable bonds is 5. The molecule has 4 nitrogen and oxygen atoms in total. The Labute approximate surface area is 133 Å². The number of halogens is 1. The van der Waals surface area contributed by atoms with Crippen LogP contribution in [0.3, 0.4) is 0 Å². The van der Waals surface area contributed by atoms with Gasteiger partial charge in [0.25, 0.3) is 0 Å². The lowest BCUT2D eigenvalue weighted by molar-refractivity contribution is -0.145. The number of hydrogen-bond donors (Lipinski definition) is 0. The molecule has 0 spiro atoms. The van der Waals surface area contributed by atoms with Gasteiger partial charge in [0.1, 0.15) is 15.8 Å². The van der Waals surface area contributed by atoms with Crippen LogP contribution in [0, 0.1) is 0 Å². The molecule has 0 bridgehead atoms. The van der Waals surface area contributed by atoms with E-state index in [9.17, 15) is 4.79 Å². The van der Waals surface area contributed by atoms with E-state index in [4.69, 9.17) is 14.2 Å². The molecule has 0 fully saturated rings. The van der Waals surface area contributed by atoms with Crippen LogP contribution in [0.2, 0.25) is 0 Å². The van der Waals surface area contributed by atoms with Crippen molar-refractivity contribution in [2.75, 3.05) is 14.2 Å². The fourth-order valence-corrected chi connectivity index (χ4v) is 2.52. The van der Waals surface area contributed by atoms with Crippen molar-refractivity contribution in [1.82, 2.24) is 0 Å². The van der Waals surface area contributed by atoms with Gasteiger partial charge in [-0.25, -0.2) is 0 Å². The second kappa shape index (κ2) is 7.26. The molecular formula is C15H21IO4. The second-order valence-electron chi connectivity index (χ2n) is 5.35. The van der Waals surface area contributed by atoms with Crippen LogP contribution in [0.5, 0.6) is 5.75 Å². The Hall–Kier alpha value is -0.820. The minimum atomic E-state index is -0.412. The minimum Gasteiger partial charge on any atom is -0.497 e. The second-order valence-corrected chi connectivity index (χ2v) is 6.69. The summed E-state index contributed by atoms with van der Waals surface area (Å²) in [5.41, 5.74) is 0.563. The van der Waals surface area contributed by atoms with Crippen LogP contribution in [0.25, 0.3) is 0 Å². The van der Waals surface area contributed by atoms with E-state index in [0.717, 1.165) is 11.3 Å². The molecule has 0 heterocycles. The third-order valence-corrected chi connectivity index (χ3v) is 3.78. The maximum Gasteiger partial charge on any atom is 0.321 e. The summed E-state index contributed by atoms with van der Waals surface area (Å²) in [6, 6.07) is 7.53. The highest BCUT2D eigenvalue weighted by Gasteiger charge is 2.32. The molecule has 0 saturated carbocycles. The summed E-state index contributed by atoms with van der Waals surface area (Å²) in [4.78, 5) is 11.8. The molecule has 5 heteroatoms. The molecule has 0 saturated heterocycles. The molecule has 2 atom stereocenters. The largest absolute Gasteiger partial charge is 0.497 e. The van der Waals surface area contributed by atoms with E-state index in [1.807, 2.05) is 45.0 Å². The monoisotopic (exact) mass is 392 g/mol. The topological polar surface area (TPSA) is 44.8 Å². The predicted octanol–water partition coefficient (Wildman–Crippen LogP) is 3.53. The zero-order valence-corrected chi connectivity index (χ0v) is 14.6. The first-order chi connectivity index (χ1) is 9.28. The van der Waals surface area contributed by atoms with Gasteiger partial charge in [-0.15, -0.1) is 0 Å². The number of carbonyl (C=O) groups excluding carboxylic acids is 1. The minimum absolute atomic E-state index is 0.296. The molecule has 20 heavy (non-hydrogen) atoms. The zero-order valence-electron chi connectivity index (χ0n) is 12.5. The molecule has 0 aliphatic carbocycles. The fourth-order valence-electron chi connectivity index (χ4n) is 1.71. The number of hydrogen-bond acceptors (Lipinski definition) is 4. The van der Waals surface area contributed by atoms with E-state index in [1.54, 1.807) is 7.11 Å². The van der Waals surface area contributed by atoms with Gasteiger partial charge in [-0.2, -0.15) is 0 Å². The SMILES string of the molecule is COC(=O)[C@H](I)[C@H](OC(C)(C)C)c1ccc(OC)cc1. The van der Waals surface area contributed by atoms with E-state index in [2.05, 4.69) is 22.6 Å². The van der Waals surface area contributed by atoms with Crippen molar-refractivity contribution in [3.05, 3.63) is 29.8 Å². The van der Waals surface area contributed by atoms with Crippen molar-refractivity contribution in [1.29, 1.82) is 0 Å². The number of carbonyl (C=O) groups is 1. The van der Waals surface area contributed by atoms with Gasteiger partial charge in [-0.1, -0.05) is 34.7 Å². The number of ether oxygens (including phenoxy) is 3. The summed E-state index contributed by atoms with van der Waals surface area (Å²) in [7, 11) is 3.00. The third kappa shape index (κ3) is 4.94. The summed E-state index contributed by atoms with van der Waals surface area (Å²) in [6.07, 6.45) is -0.367. The van der Waals surface area contributed by atoms with Gasteiger partial charge in [-0.05, 0) is 38.5 Å². The van der Waals surface area contributed by atoms with E-state index in [0.29, 0.717) is 0 Å². The summed E-state index contributed by atoms with van der Waals surface area (Å²) in [5.74, 6) is 0.474. The first-order valence-corrected chi connectivity index (χ1v) is 7.56. The van der Waals surface area contributed by atoms with Crippen LogP contribution >= 0.6 is 22.6 Å². The average Bonchev–Trinajstić information content (AvgIpc) is 2.42. The molecule has 1 rings (SSSR count). The lowest BCUT2D eigenvalue weighted by atomic mass is 10.0. The molecule has 112 valence electrons. The lowest BCUT2D eigenvalue weighted by Crippen LogP contribution is -2.32. The summed E-state index contributed by atoms with van der Waals surface area (Å²) >= 11 is 2.06. The number of methoxy groups -OCH3 is 2. The van der Waals surface area contributed by atoms with Crippen LogP contribution in [-0.4, -0.2) is 29.7 Å². The Balaban J connectivity index is 3.05. The number of alkyl halides is 1. The maximum atomic E-state index is 11.8. The first kappa shape index (κ1) is 17.2. The van der Waals surface area contributed by atoms with E-state index < -0.39 is 3.92 Å². The van der Waals surface area contributed by atoms with Gasteiger partial charge >= 0.3 is 5.97 Å². The molecule has 0 N–H and O–H groups in total. The highest BCUT2D eigenvalue weighted by Crippen LogP contribution is 2.32. The van der Waals surface area contributed by atoms with Gasteiger partial charge in [0.05, 0.1) is 19.8 Å². The van der Waals surface area contributed by atoms with Crippen molar-refractivity contribution in [2.24, 2.45) is 0 Å². The molecule has 0 radical (unpaired) electrons. The van der Waals surface area contributed by atoms with Crippen LogP contribution in [-0.2, 0) is 14.3 Å². The Bertz CT molecular complexity index is 436. The van der Waals surface area contributed by atoms with E-state index in [-0.39, 0.29) is 17.7 Å². The predicted molar refractivity (Wildman–Crippen MR) is 86.4 cm³/mol. The van der Waals surface area contributed by atoms with Gasteiger partial charge in [0.15, 0.2) is 0 Å². The molecule has 0 aromatic heterocycles. The molecule has 1 aromatic rings. The Morgan fingerprint density at radius 2 is 1.70 bits per heavy atom. The summed E-state index contributed by atoms with van der Waals surface area (Å²) in [5, 5.41) is 0. The quantitative estimate of drug-likeness (QED) is 0.437. The lowest BCUT2D eigenvalue weighted by Gasteiger charge is -2.30. The first-order valence-electron chi connectivity index (χ1n) is 6.32. The molecule has 0 aliphatic heterocycles. The summed E-state index contributed by atoms with van der Waals surface area (Å²) < 4.78 is 15.6. The maximum absolute atomic E-state index is 11.8. The Morgan fingerprint density at radius 1 is 1.15 bits per heavy atom. The van der Waals surface area contributed by atoms with Crippen molar-refractivity contribution in [3.63, 3.8) is 0 Å². The highest BCUT2D eigenvalue weighted by atomic mass is 127. The number of benzene rings is 1. The van der Waals surface area contributed by atoms with Gasteiger partial charge in [-0.3, -0.25) is 4.79 Å². The average molecular weight is 392 g/mol. The van der Waals surface area contributed by atoms with Crippen LogP contribution in [0.4, 0.5) is 0 Å². The molecule has 0 unspecified atom stereocenters.